The minimum Gasteiger partial charge on any atom is -0.370 e. The van der Waals surface area contributed by atoms with Crippen molar-refractivity contribution in [1.82, 2.24) is 25.9 Å². The van der Waals surface area contributed by atoms with Crippen molar-refractivity contribution in [3.05, 3.63) is 41.7 Å². The SMILES string of the molecule is NC1=NC(O)([C@H]2[C@H](CNC(=O)c3cc(Br)c(Br)[nH]3)[C@@H](CNC(=O)c3cc(Br)c(Br)[nH]3)[C@H](Cl)[C@@]23NC(N)=NC3O)C=N1. The van der Waals surface area contributed by atoms with Crippen molar-refractivity contribution >= 4 is 105 Å². The fourth-order valence-corrected chi connectivity index (χ4v) is 7.65. The molecule has 2 aromatic rings. The maximum Gasteiger partial charge on any atom is 0.267 e. The largest absolute Gasteiger partial charge is 0.370 e. The number of nitrogens with zero attached hydrogens (tertiary/aromatic N) is 3. The molecule has 11 N–H and O–H groups in total. The monoisotopic (exact) mass is 842 g/mol. The number of aliphatic imine (C=N–C) groups is 3. The van der Waals surface area contributed by atoms with Crippen molar-refractivity contribution in [3.63, 3.8) is 0 Å². The molecule has 2 amide bonds. The van der Waals surface area contributed by atoms with Gasteiger partial charge in [0.25, 0.3) is 11.8 Å². The lowest BCUT2D eigenvalue weighted by atomic mass is 9.74. The van der Waals surface area contributed by atoms with Crippen molar-refractivity contribution < 1.29 is 19.8 Å². The van der Waals surface area contributed by atoms with E-state index in [-0.39, 0.29) is 36.4 Å². The molecule has 4 heterocycles. The number of hydrogen-bond donors (Lipinski definition) is 9. The standard InChI is InChI=1S/C22H23Br4ClN10O4/c23-8-1-10(33-14(8)25)16(38)30-3-6-7(4-31-17(39)11-2-9(24)15(26)34-11)13(27)22(18(40)35-20(29)37-22)12(6)21(41)5-32-19(28)36-21/h1-2,5-7,12-13,18,33-34,40-41H,3-4H2,(H2,28,36)(H,30,38)(H,31,39)(H3,29,35,37)/t6-,7-,12-,13+,18?,21?,22+/m1/s1. The fraction of sp³-hybridized carbons (Fsp3) is 0.409. The Morgan fingerprint density at radius 1 is 1.00 bits per heavy atom. The predicted octanol–water partition coefficient (Wildman–Crippen LogP) is 1.08. The summed E-state index contributed by atoms with van der Waals surface area (Å²) in [5, 5.41) is 30.6. The highest BCUT2D eigenvalue weighted by atomic mass is 79.9. The van der Waals surface area contributed by atoms with E-state index in [2.05, 4.69) is 105 Å². The van der Waals surface area contributed by atoms with Gasteiger partial charge in [0.2, 0.25) is 11.7 Å². The molecular formula is C22H23Br4ClN10O4. The van der Waals surface area contributed by atoms with Crippen LogP contribution in [0, 0.1) is 17.8 Å². The number of rotatable bonds is 7. The molecule has 2 aliphatic heterocycles. The zero-order valence-electron chi connectivity index (χ0n) is 20.6. The van der Waals surface area contributed by atoms with Crippen LogP contribution >= 0.6 is 75.3 Å². The van der Waals surface area contributed by atoms with Gasteiger partial charge in [0.15, 0.2) is 12.2 Å². The summed E-state index contributed by atoms with van der Waals surface area (Å²) in [5.41, 5.74) is 8.70. The van der Waals surface area contributed by atoms with Gasteiger partial charge in [-0.05, 0) is 81.8 Å². The van der Waals surface area contributed by atoms with E-state index >= 15 is 0 Å². The third kappa shape index (κ3) is 5.36. The molecule has 2 aromatic heterocycles. The number of H-pyrrole nitrogens is 2. The molecule has 0 saturated heterocycles. The Kier molecular flexibility index (Phi) is 8.39. The van der Waals surface area contributed by atoms with Crippen molar-refractivity contribution in [3.8, 4) is 0 Å². The second kappa shape index (κ2) is 11.3. The molecule has 3 aliphatic rings. The first-order valence-corrected chi connectivity index (χ1v) is 15.6. The van der Waals surface area contributed by atoms with Crippen molar-refractivity contribution in [2.24, 2.45) is 44.2 Å². The summed E-state index contributed by atoms with van der Waals surface area (Å²) in [6, 6.07) is 3.20. The number of aromatic amines is 2. The summed E-state index contributed by atoms with van der Waals surface area (Å²) in [7, 11) is 0. The summed E-state index contributed by atoms with van der Waals surface area (Å²) in [6.45, 7) is -0.0664. The van der Waals surface area contributed by atoms with E-state index in [1.165, 1.54) is 0 Å². The minimum atomic E-state index is -2.05. The summed E-state index contributed by atoms with van der Waals surface area (Å²) >= 11 is 20.4. The lowest BCUT2D eigenvalue weighted by molar-refractivity contribution is -0.0332. The number of carbonyl (C=O) groups is 2. The summed E-state index contributed by atoms with van der Waals surface area (Å²) < 4.78 is 2.48. The summed E-state index contributed by atoms with van der Waals surface area (Å²) in [6.07, 6.45) is -0.349. The van der Waals surface area contributed by atoms with E-state index in [4.69, 9.17) is 23.1 Å². The topological polar surface area (TPSA) is 231 Å². The van der Waals surface area contributed by atoms with Gasteiger partial charge in [0.05, 0.1) is 29.7 Å². The lowest BCUT2D eigenvalue weighted by Crippen LogP contribution is -2.66. The van der Waals surface area contributed by atoms with Gasteiger partial charge in [0.1, 0.15) is 16.9 Å². The van der Waals surface area contributed by atoms with Crippen LogP contribution in [0.25, 0.3) is 0 Å². The Bertz CT molecular complexity index is 1460. The molecule has 19 heteroatoms. The first-order chi connectivity index (χ1) is 19.3. The number of carbonyl (C=O) groups excluding carboxylic acids is 2. The molecule has 0 aromatic carbocycles. The third-order valence-corrected chi connectivity index (χ3v) is 11.7. The molecule has 7 atom stereocenters. The lowest BCUT2D eigenvalue weighted by Gasteiger charge is -2.42. The quantitative estimate of drug-likeness (QED) is 0.184. The summed E-state index contributed by atoms with van der Waals surface area (Å²) in [4.78, 5) is 44.1. The molecule has 41 heavy (non-hydrogen) atoms. The maximum atomic E-state index is 13.1. The second-order valence-electron chi connectivity index (χ2n) is 9.77. The highest BCUT2D eigenvalue weighted by molar-refractivity contribution is 9.13. The Morgan fingerprint density at radius 3 is 1.95 bits per heavy atom. The molecular weight excluding hydrogens is 823 g/mol. The Morgan fingerprint density at radius 2 is 1.54 bits per heavy atom. The number of aliphatic hydroxyl groups is 2. The van der Waals surface area contributed by atoms with Crippen LogP contribution in [-0.2, 0) is 0 Å². The number of aliphatic hydroxyl groups excluding tert-OH is 1. The van der Waals surface area contributed by atoms with Crippen LogP contribution < -0.4 is 27.4 Å². The van der Waals surface area contributed by atoms with Crippen LogP contribution in [0.3, 0.4) is 0 Å². The smallest absolute Gasteiger partial charge is 0.267 e. The number of halogens is 5. The molecule has 14 nitrogen and oxygen atoms in total. The number of nitrogens with one attached hydrogen (secondary N) is 5. The zero-order valence-corrected chi connectivity index (χ0v) is 27.7. The van der Waals surface area contributed by atoms with Crippen molar-refractivity contribution in [2.45, 2.75) is 22.9 Å². The van der Waals surface area contributed by atoms with E-state index in [9.17, 15) is 19.8 Å². The van der Waals surface area contributed by atoms with Gasteiger partial charge in [-0.2, -0.15) is 0 Å². The van der Waals surface area contributed by atoms with Crippen LogP contribution in [0.15, 0.2) is 45.3 Å². The molecule has 5 rings (SSSR count). The average molecular weight is 847 g/mol. The van der Waals surface area contributed by atoms with Gasteiger partial charge in [-0.25, -0.2) is 15.0 Å². The molecule has 220 valence electrons. The van der Waals surface area contributed by atoms with E-state index in [0.717, 1.165) is 6.21 Å². The molecule has 1 saturated carbocycles. The van der Waals surface area contributed by atoms with Crippen molar-refractivity contribution in [2.75, 3.05) is 13.1 Å². The molecule has 1 aliphatic carbocycles. The van der Waals surface area contributed by atoms with Crippen LogP contribution in [0.4, 0.5) is 0 Å². The van der Waals surface area contributed by atoms with Gasteiger partial charge >= 0.3 is 0 Å². The van der Waals surface area contributed by atoms with E-state index < -0.39 is 52.4 Å². The van der Waals surface area contributed by atoms with Crippen LogP contribution in [0.2, 0.25) is 0 Å². The maximum absolute atomic E-state index is 13.1. The van der Waals surface area contributed by atoms with E-state index in [1.54, 1.807) is 12.1 Å². The minimum absolute atomic E-state index is 0.0135. The number of guanidine groups is 2. The summed E-state index contributed by atoms with van der Waals surface area (Å²) in [5.74, 6) is -3.61. The van der Waals surface area contributed by atoms with Crippen LogP contribution in [0.1, 0.15) is 21.0 Å². The zero-order chi connectivity index (χ0) is 29.9. The van der Waals surface area contributed by atoms with Crippen LogP contribution in [-0.4, -0.2) is 86.1 Å². The van der Waals surface area contributed by atoms with Gasteiger partial charge in [-0.15, -0.1) is 11.6 Å². The Hall–Kier alpha value is -1.96. The number of nitrogens with two attached hydrogens (primary N) is 2. The highest BCUT2D eigenvalue weighted by Crippen LogP contribution is 2.55. The van der Waals surface area contributed by atoms with Gasteiger partial charge in [-0.3, -0.25) is 9.59 Å². The van der Waals surface area contributed by atoms with Gasteiger partial charge in [0, 0.05) is 24.9 Å². The Labute approximate surface area is 271 Å². The van der Waals surface area contributed by atoms with Crippen molar-refractivity contribution in [1.29, 1.82) is 0 Å². The highest BCUT2D eigenvalue weighted by Gasteiger charge is 2.70. The fourth-order valence-electron chi connectivity index (χ4n) is 5.76. The average Bonchev–Trinajstić information content (AvgIpc) is 3.66. The molecule has 0 bridgehead atoms. The first kappa shape index (κ1) is 30.5. The van der Waals surface area contributed by atoms with E-state index in [1.807, 2.05) is 0 Å². The number of aromatic nitrogens is 2. The normalized spacial score (nSPS) is 32.2. The number of alkyl halides is 1. The van der Waals surface area contributed by atoms with Gasteiger partial charge < -0.3 is 47.6 Å². The predicted molar refractivity (Wildman–Crippen MR) is 166 cm³/mol. The molecule has 1 fully saturated rings. The Balaban J connectivity index is 1.50. The second-order valence-corrected chi connectivity index (χ2v) is 13.5. The number of amides is 2. The molecule has 2 unspecified atom stereocenters. The van der Waals surface area contributed by atoms with E-state index in [0.29, 0.717) is 18.2 Å². The van der Waals surface area contributed by atoms with Gasteiger partial charge in [-0.1, -0.05) is 0 Å². The third-order valence-electron chi connectivity index (χ3n) is 7.43. The number of hydrogen-bond acceptors (Lipinski definition) is 10. The molecule has 1 spiro atoms. The molecule has 0 radical (unpaired) electrons. The first-order valence-electron chi connectivity index (χ1n) is 12.0. The van der Waals surface area contributed by atoms with Crippen LogP contribution in [0.5, 0.6) is 0 Å².